The van der Waals surface area contributed by atoms with Crippen LogP contribution in [0, 0.1) is 0 Å². The number of aromatic nitrogens is 2. The van der Waals surface area contributed by atoms with E-state index in [1.54, 1.807) is 18.2 Å². The number of fused-ring (bicyclic) bond motifs is 1. The Hall–Kier alpha value is -2.17. The molecule has 0 saturated heterocycles. The molecule has 1 heterocycles. The zero-order valence-electron chi connectivity index (χ0n) is 8.10. The number of methoxy groups -OCH3 is 1. The summed E-state index contributed by atoms with van der Waals surface area (Å²) in [5, 5.41) is 8.23. The van der Waals surface area contributed by atoms with Crippen LogP contribution in [0.4, 0.5) is 5.82 Å². The highest BCUT2D eigenvalue weighted by molar-refractivity contribution is 6.06. The molecule has 0 spiro atoms. The van der Waals surface area contributed by atoms with Crippen LogP contribution in [0.1, 0.15) is 10.4 Å². The van der Waals surface area contributed by atoms with Crippen molar-refractivity contribution in [3.8, 4) is 0 Å². The molecule has 5 nitrogen and oxygen atoms in total. The van der Waals surface area contributed by atoms with E-state index in [4.69, 9.17) is 5.73 Å². The predicted molar refractivity (Wildman–Crippen MR) is 55.3 cm³/mol. The summed E-state index contributed by atoms with van der Waals surface area (Å²) in [4.78, 5) is 11.5. The van der Waals surface area contributed by atoms with Gasteiger partial charge in [-0.15, -0.1) is 10.2 Å². The number of hydrogen-bond acceptors (Lipinski definition) is 5. The summed E-state index contributed by atoms with van der Waals surface area (Å²) in [7, 11) is 1.30. The molecule has 0 bridgehead atoms. The van der Waals surface area contributed by atoms with Gasteiger partial charge in [-0.25, -0.2) is 4.79 Å². The molecular weight excluding hydrogens is 194 g/mol. The van der Waals surface area contributed by atoms with Crippen LogP contribution in [-0.2, 0) is 4.74 Å². The van der Waals surface area contributed by atoms with Crippen molar-refractivity contribution >= 4 is 22.7 Å². The normalized spacial score (nSPS) is 10.2. The quantitative estimate of drug-likeness (QED) is 0.699. The first-order valence-corrected chi connectivity index (χ1v) is 4.33. The number of nitrogens with zero attached hydrogens (tertiary/aromatic N) is 2. The largest absolute Gasteiger partial charge is 0.465 e. The third-order valence-corrected chi connectivity index (χ3v) is 2.08. The number of nitrogens with two attached hydrogens (primary N) is 1. The average Bonchev–Trinajstić information content (AvgIpc) is 2.28. The van der Waals surface area contributed by atoms with Crippen molar-refractivity contribution in [2.45, 2.75) is 0 Å². The van der Waals surface area contributed by atoms with Crippen LogP contribution in [-0.4, -0.2) is 23.3 Å². The van der Waals surface area contributed by atoms with E-state index in [0.717, 1.165) is 0 Å². The highest BCUT2D eigenvalue weighted by atomic mass is 16.5. The molecule has 0 unspecified atom stereocenters. The van der Waals surface area contributed by atoms with Crippen molar-refractivity contribution in [2.24, 2.45) is 0 Å². The Morgan fingerprint density at radius 2 is 2.07 bits per heavy atom. The first-order valence-electron chi connectivity index (χ1n) is 4.33. The molecule has 0 aliphatic carbocycles. The van der Waals surface area contributed by atoms with E-state index < -0.39 is 5.97 Å². The number of benzene rings is 1. The molecule has 2 N–H and O–H groups in total. The second-order valence-electron chi connectivity index (χ2n) is 2.97. The first-order chi connectivity index (χ1) is 7.24. The smallest absolute Gasteiger partial charge is 0.342 e. The summed E-state index contributed by atoms with van der Waals surface area (Å²) in [6, 6.07) is 7.13. The molecule has 1 aromatic heterocycles. The second kappa shape index (κ2) is 3.53. The van der Waals surface area contributed by atoms with Crippen LogP contribution in [0.5, 0.6) is 0 Å². The summed E-state index contributed by atoms with van der Waals surface area (Å²) >= 11 is 0. The predicted octanol–water partition coefficient (Wildman–Crippen LogP) is 0.999. The number of esters is 1. The molecule has 2 aromatic rings. The van der Waals surface area contributed by atoms with E-state index in [-0.39, 0.29) is 11.4 Å². The Balaban J connectivity index is 2.79. The van der Waals surface area contributed by atoms with Crippen LogP contribution >= 0.6 is 0 Å². The van der Waals surface area contributed by atoms with Crippen LogP contribution in [0.15, 0.2) is 24.3 Å². The topological polar surface area (TPSA) is 78.1 Å². The van der Waals surface area contributed by atoms with E-state index in [2.05, 4.69) is 14.9 Å². The van der Waals surface area contributed by atoms with Crippen molar-refractivity contribution in [1.29, 1.82) is 0 Å². The minimum atomic E-state index is -0.501. The Morgan fingerprint density at radius 3 is 2.80 bits per heavy atom. The maximum atomic E-state index is 11.5. The third-order valence-electron chi connectivity index (χ3n) is 2.08. The Bertz CT molecular complexity index is 525. The zero-order chi connectivity index (χ0) is 10.8. The number of anilines is 1. The average molecular weight is 203 g/mol. The van der Waals surface area contributed by atoms with E-state index in [9.17, 15) is 4.79 Å². The Labute approximate surface area is 85.9 Å². The van der Waals surface area contributed by atoms with Crippen LogP contribution < -0.4 is 5.73 Å². The van der Waals surface area contributed by atoms with Gasteiger partial charge in [-0.1, -0.05) is 18.2 Å². The number of carbonyl (C=O) groups is 1. The van der Waals surface area contributed by atoms with Crippen molar-refractivity contribution < 1.29 is 9.53 Å². The Morgan fingerprint density at radius 1 is 1.33 bits per heavy atom. The van der Waals surface area contributed by atoms with Gasteiger partial charge >= 0.3 is 5.97 Å². The fraction of sp³-hybridized carbons (Fsp3) is 0.100. The molecule has 0 aliphatic rings. The highest BCUT2D eigenvalue weighted by Crippen LogP contribution is 2.20. The van der Waals surface area contributed by atoms with E-state index >= 15 is 0 Å². The van der Waals surface area contributed by atoms with Gasteiger partial charge in [0.1, 0.15) is 5.56 Å². The molecule has 0 saturated carbocycles. The van der Waals surface area contributed by atoms with Gasteiger partial charge in [-0.3, -0.25) is 0 Å². The molecule has 0 atom stereocenters. The summed E-state index contributed by atoms with van der Waals surface area (Å²) in [6.07, 6.45) is 0. The standard InChI is InChI=1S/C10H9N3O2/c1-15-10(14)8-6-4-2-3-5-7(6)12-13-9(8)11/h2-5H,1H3,(H2,11,13). The van der Waals surface area contributed by atoms with Gasteiger partial charge in [0.05, 0.1) is 12.6 Å². The maximum Gasteiger partial charge on any atom is 0.342 e. The van der Waals surface area contributed by atoms with Gasteiger partial charge in [0.2, 0.25) is 0 Å². The zero-order valence-corrected chi connectivity index (χ0v) is 8.10. The molecule has 0 fully saturated rings. The van der Waals surface area contributed by atoms with Crippen LogP contribution in [0.3, 0.4) is 0 Å². The number of rotatable bonds is 1. The van der Waals surface area contributed by atoms with Crippen molar-refractivity contribution in [1.82, 2.24) is 10.2 Å². The summed E-state index contributed by atoms with van der Waals surface area (Å²) < 4.78 is 4.64. The molecule has 0 radical (unpaired) electrons. The molecule has 0 amide bonds. The first kappa shape index (κ1) is 9.39. The molecule has 1 aromatic carbocycles. The van der Waals surface area contributed by atoms with Gasteiger partial charge in [0.15, 0.2) is 5.82 Å². The highest BCUT2D eigenvalue weighted by Gasteiger charge is 2.15. The summed E-state index contributed by atoms with van der Waals surface area (Å²) in [5.41, 5.74) is 6.47. The fourth-order valence-electron chi connectivity index (χ4n) is 1.38. The van der Waals surface area contributed by atoms with E-state index in [1.807, 2.05) is 6.07 Å². The molecule has 5 heteroatoms. The van der Waals surface area contributed by atoms with Gasteiger partial charge in [0.25, 0.3) is 0 Å². The number of nitrogen functional groups attached to an aromatic ring is 1. The summed E-state index contributed by atoms with van der Waals surface area (Å²) in [5.74, 6) is -0.417. The lowest BCUT2D eigenvalue weighted by Crippen LogP contribution is -2.09. The van der Waals surface area contributed by atoms with Crippen molar-refractivity contribution in [3.05, 3.63) is 29.8 Å². The SMILES string of the molecule is COC(=O)c1c(N)nnc2ccccc12. The number of ether oxygens (including phenoxy) is 1. The van der Waals surface area contributed by atoms with Crippen molar-refractivity contribution in [2.75, 3.05) is 12.8 Å². The fourth-order valence-corrected chi connectivity index (χ4v) is 1.38. The molecular formula is C10H9N3O2. The van der Waals surface area contributed by atoms with Crippen LogP contribution in [0.2, 0.25) is 0 Å². The van der Waals surface area contributed by atoms with Crippen molar-refractivity contribution in [3.63, 3.8) is 0 Å². The minimum absolute atomic E-state index is 0.0838. The van der Waals surface area contributed by atoms with Gasteiger partial charge in [-0.2, -0.15) is 0 Å². The lowest BCUT2D eigenvalue weighted by molar-refractivity contribution is 0.0603. The molecule has 2 rings (SSSR count). The molecule has 76 valence electrons. The van der Waals surface area contributed by atoms with Gasteiger partial charge < -0.3 is 10.5 Å². The molecule has 15 heavy (non-hydrogen) atoms. The number of hydrogen-bond donors (Lipinski definition) is 1. The van der Waals surface area contributed by atoms with Crippen LogP contribution in [0.25, 0.3) is 10.9 Å². The third kappa shape index (κ3) is 1.48. The lowest BCUT2D eigenvalue weighted by Gasteiger charge is -2.05. The van der Waals surface area contributed by atoms with Gasteiger partial charge in [-0.05, 0) is 6.07 Å². The second-order valence-corrected chi connectivity index (χ2v) is 2.97. The van der Waals surface area contributed by atoms with E-state index in [0.29, 0.717) is 10.9 Å². The summed E-state index contributed by atoms with van der Waals surface area (Å²) in [6.45, 7) is 0. The van der Waals surface area contributed by atoms with E-state index in [1.165, 1.54) is 7.11 Å². The monoisotopic (exact) mass is 203 g/mol. The maximum absolute atomic E-state index is 11.5. The molecule has 0 aliphatic heterocycles. The number of carbonyl (C=O) groups excluding carboxylic acids is 1. The Kier molecular flexibility index (Phi) is 2.21. The van der Waals surface area contributed by atoms with Gasteiger partial charge in [0, 0.05) is 5.39 Å². The lowest BCUT2D eigenvalue weighted by atomic mass is 10.1. The minimum Gasteiger partial charge on any atom is -0.465 e.